The van der Waals surface area contributed by atoms with Crippen LogP contribution >= 0.6 is 11.6 Å². The molecule has 0 saturated heterocycles. The van der Waals surface area contributed by atoms with E-state index in [4.69, 9.17) is 11.6 Å². The number of para-hydroxylation sites is 1. The minimum atomic E-state index is -0.182. The Morgan fingerprint density at radius 3 is 2.30 bits per heavy atom. The predicted octanol–water partition coefficient (Wildman–Crippen LogP) is 2.37. The zero-order valence-electron chi connectivity index (χ0n) is 16.0. The van der Waals surface area contributed by atoms with Crippen LogP contribution in [0.25, 0.3) is 0 Å². The molecule has 0 fully saturated rings. The number of carbonyl (C=O) groups excluding carboxylic acids is 2. The molecule has 0 spiro atoms. The van der Waals surface area contributed by atoms with Crippen molar-refractivity contribution in [1.82, 2.24) is 5.32 Å². The molecule has 5 nitrogen and oxygen atoms in total. The number of anilines is 1. The van der Waals surface area contributed by atoms with Crippen LogP contribution in [-0.2, 0) is 9.59 Å². The summed E-state index contributed by atoms with van der Waals surface area (Å²) < 4.78 is 0. The number of hydrogen-bond donors (Lipinski definition) is 3. The Bertz CT molecular complexity index is 777. The van der Waals surface area contributed by atoms with Crippen molar-refractivity contribution in [2.45, 2.75) is 26.3 Å². The number of rotatable bonds is 8. The van der Waals surface area contributed by atoms with Crippen LogP contribution in [0.2, 0.25) is 5.02 Å². The maximum absolute atomic E-state index is 12.4. The van der Waals surface area contributed by atoms with Gasteiger partial charge in [-0.1, -0.05) is 60.5 Å². The molecular weight excluding hydrogens is 362 g/mol. The Kier molecular flexibility index (Phi) is 7.82. The monoisotopic (exact) mass is 388 g/mol. The number of hydrogen-bond acceptors (Lipinski definition) is 2. The van der Waals surface area contributed by atoms with Crippen LogP contribution in [0.4, 0.5) is 5.69 Å². The van der Waals surface area contributed by atoms with Crippen LogP contribution in [0.15, 0.2) is 48.5 Å². The molecule has 1 unspecified atom stereocenters. The second-order valence-corrected chi connectivity index (χ2v) is 7.18. The van der Waals surface area contributed by atoms with E-state index in [1.165, 1.54) is 5.56 Å². The lowest BCUT2D eigenvalue weighted by molar-refractivity contribution is -0.862. The first-order valence-corrected chi connectivity index (χ1v) is 9.48. The van der Waals surface area contributed by atoms with Crippen molar-refractivity contribution >= 4 is 29.1 Å². The van der Waals surface area contributed by atoms with Gasteiger partial charge in [0.15, 0.2) is 13.1 Å². The molecule has 6 heteroatoms. The molecule has 2 rings (SSSR count). The number of likely N-dealkylation sites (N-methyl/N-ethyl adjacent to an activating group) is 1. The average molecular weight is 389 g/mol. The van der Waals surface area contributed by atoms with Crippen molar-refractivity contribution in [2.24, 2.45) is 0 Å². The van der Waals surface area contributed by atoms with Crippen LogP contribution in [0.5, 0.6) is 0 Å². The van der Waals surface area contributed by atoms with E-state index in [1.807, 2.05) is 51.2 Å². The van der Waals surface area contributed by atoms with E-state index in [9.17, 15) is 9.59 Å². The third-order valence-electron chi connectivity index (χ3n) is 4.30. The summed E-state index contributed by atoms with van der Waals surface area (Å²) in [6, 6.07) is 15.2. The Hall–Kier alpha value is -2.37. The molecule has 2 aromatic rings. The molecule has 0 radical (unpaired) electrons. The molecule has 0 saturated carbocycles. The first-order chi connectivity index (χ1) is 12.9. The molecule has 144 valence electrons. The third-order valence-corrected chi connectivity index (χ3v) is 4.63. The van der Waals surface area contributed by atoms with Gasteiger partial charge in [0.2, 0.25) is 0 Å². The van der Waals surface area contributed by atoms with Gasteiger partial charge in [-0.15, -0.1) is 0 Å². The van der Waals surface area contributed by atoms with Crippen LogP contribution < -0.4 is 15.5 Å². The van der Waals surface area contributed by atoms with E-state index in [2.05, 4.69) is 10.6 Å². The van der Waals surface area contributed by atoms with Gasteiger partial charge in [-0.25, -0.2) is 0 Å². The number of nitrogens with one attached hydrogen (secondary N) is 3. The van der Waals surface area contributed by atoms with Crippen molar-refractivity contribution in [3.63, 3.8) is 0 Å². The standard InChI is InChI=1S/C21H26ClN3O2/c1-4-18(16-11-9-15(2)10-12-16)23-20(26)13-25(3)14-21(27)24-19-8-6-5-7-17(19)22/h5-12,18H,4,13-14H2,1-3H3,(H,23,26)(H,24,27)/p+1/t18-/m0/s1. The third kappa shape index (κ3) is 6.70. The van der Waals surface area contributed by atoms with Gasteiger partial charge in [0.05, 0.1) is 23.8 Å². The minimum absolute atomic E-state index is 0.0251. The van der Waals surface area contributed by atoms with E-state index < -0.39 is 0 Å². The quantitative estimate of drug-likeness (QED) is 0.650. The van der Waals surface area contributed by atoms with E-state index in [-0.39, 0.29) is 30.9 Å². The van der Waals surface area contributed by atoms with Gasteiger partial charge in [-0.3, -0.25) is 9.59 Å². The van der Waals surface area contributed by atoms with Crippen LogP contribution in [-0.4, -0.2) is 32.0 Å². The molecule has 0 aliphatic rings. The highest BCUT2D eigenvalue weighted by molar-refractivity contribution is 6.33. The fraction of sp³-hybridized carbons (Fsp3) is 0.333. The zero-order chi connectivity index (χ0) is 19.8. The normalized spacial score (nSPS) is 12.9. The summed E-state index contributed by atoms with van der Waals surface area (Å²) in [7, 11) is 1.82. The molecule has 0 aliphatic carbocycles. The largest absolute Gasteiger partial charge is 0.344 e. The summed E-state index contributed by atoms with van der Waals surface area (Å²) in [4.78, 5) is 25.3. The van der Waals surface area contributed by atoms with Crippen LogP contribution in [0.3, 0.4) is 0 Å². The van der Waals surface area contributed by atoms with Crippen molar-refractivity contribution in [2.75, 3.05) is 25.5 Å². The Balaban J connectivity index is 1.84. The molecule has 0 aromatic heterocycles. The first kappa shape index (κ1) is 20.9. The molecule has 0 heterocycles. The average Bonchev–Trinajstić information content (AvgIpc) is 2.62. The van der Waals surface area contributed by atoms with Gasteiger partial charge in [0.1, 0.15) is 0 Å². The number of carbonyl (C=O) groups is 2. The number of benzene rings is 2. The summed E-state index contributed by atoms with van der Waals surface area (Å²) in [6.07, 6.45) is 0.806. The molecule has 2 aromatic carbocycles. The number of amides is 2. The molecule has 0 bridgehead atoms. The number of halogens is 1. The second kappa shape index (κ2) is 10.1. The second-order valence-electron chi connectivity index (χ2n) is 6.78. The van der Waals surface area contributed by atoms with E-state index >= 15 is 0 Å². The molecular formula is C21H27ClN3O2+. The van der Waals surface area contributed by atoms with E-state index in [0.717, 1.165) is 16.9 Å². The Labute approximate surface area is 165 Å². The molecule has 0 aliphatic heterocycles. The summed E-state index contributed by atoms with van der Waals surface area (Å²) in [6.45, 7) is 4.48. The van der Waals surface area contributed by atoms with E-state index in [0.29, 0.717) is 10.7 Å². The van der Waals surface area contributed by atoms with Gasteiger partial charge in [-0.2, -0.15) is 0 Å². The van der Waals surface area contributed by atoms with Crippen molar-refractivity contribution in [3.8, 4) is 0 Å². The molecule has 3 N–H and O–H groups in total. The highest BCUT2D eigenvalue weighted by Gasteiger charge is 2.18. The summed E-state index contributed by atoms with van der Waals surface area (Å²) >= 11 is 6.04. The summed E-state index contributed by atoms with van der Waals surface area (Å²) in [5.41, 5.74) is 2.85. The maximum Gasteiger partial charge on any atom is 0.279 e. The van der Waals surface area contributed by atoms with Crippen molar-refractivity contribution in [1.29, 1.82) is 0 Å². The highest BCUT2D eigenvalue weighted by Crippen LogP contribution is 2.20. The van der Waals surface area contributed by atoms with Crippen LogP contribution in [0, 0.1) is 6.92 Å². The SMILES string of the molecule is CC[C@H](NC(=O)C[NH+](C)CC(=O)Nc1ccccc1Cl)c1ccc(C)cc1. The lowest BCUT2D eigenvalue weighted by Gasteiger charge is -2.19. The van der Waals surface area contributed by atoms with Gasteiger partial charge in [0.25, 0.3) is 11.8 Å². The van der Waals surface area contributed by atoms with Crippen molar-refractivity contribution < 1.29 is 14.5 Å². The van der Waals surface area contributed by atoms with Gasteiger partial charge < -0.3 is 15.5 Å². The number of aryl methyl sites for hydroxylation is 1. The van der Waals surface area contributed by atoms with E-state index in [1.54, 1.807) is 18.2 Å². The maximum atomic E-state index is 12.4. The smallest absolute Gasteiger partial charge is 0.279 e. The Morgan fingerprint density at radius 2 is 1.67 bits per heavy atom. The van der Waals surface area contributed by atoms with Crippen molar-refractivity contribution in [3.05, 3.63) is 64.7 Å². The first-order valence-electron chi connectivity index (χ1n) is 9.10. The fourth-order valence-corrected chi connectivity index (χ4v) is 3.02. The van der Waals surface area contributed by atoms with Gasteiger partial charge >= 0.3 is 0 Å². The highest BCUT2D eigenvalue weighted by atomic mass is 35.5. The lowest BCUT2D eigenvalue weighted by atomic mass is 10.0. The van der Waals surface area contributed by atoms with Crippen LogP contribution in [0.1, 0.15) is 30.5 Å². The summed E-state index contributed by atoms with van der Waals surface area (Å²) in [5.74, 6) is -0.260. The lowest BCUT2D eigenvalue weighted by Crippen LogP contribution is -3.11. The van der Waals surface area contributed by atoms with Gasteiger partial charge in [0, 0.05) is 0 Å². The topological polar surface area (TPSA) is 62.6 Å². The molecule has 27 heavy (non-hydrogen) atoms. The minimum Gasteiger partial charge on any atom is -0.344 e. The molecule has 2 atom stereocenters. The Morgan fingerprint density at radius 1 is 1.04 bits per heavy atom. The fourth-order valence-electron chi connectivity index (χ4n) is 2.83. The zero-order valence-corrected chi connectivity index (χ0v) is 16.8. The molecule has 2 amide bonds. The number of quaternary nitrogens is 1. The summed E-state index contributed by atoms with van der Waals surface area (Å²) in [5, 5.41) is 6.32. The van der Waals surface area contributed by atoms with Gasteiger partial charge in [-0.05, 0) is 31.0 Å². The predicted molar refractivity (Wildman–Crippen MR) is 109 cm³/mol.